The van der Waals surface area contributed by atoms with Crippen LogP contribution in [0, 0.1) is 0 Å². The Labute approximate surface area is 174 Å². The average Bonchev–Trinajstić information content (AvgIpc) is 3.07. The van der Waals surface area contributed by atoms with Crippen LogP contribution in [0.3, 0.4) is 0 Å². The van der Waals surface area contributed by atoms with E-state index in [4.69, 9.17) is 9.73 Å². The molecule has 1 aromatic carbocycles. The minimum atomic E-state index is 0. The van der Waals surface area contributed by atoms with Crippen LogP contribution in [-0.4, -0.2) is 43.7 Å². The van der Waals surface area contributed by atoms with Gasteiger partial charge in [-0.25, -0.2) is 0 Å². The lowest BCUT2D eigenvalue weighted by atomic mass is 10.0. The van der Waals surface area contributed by atoms with E-state index >= 15 is 0 Å². The van der Waals surface area contributed by atoms with Crippen LogP contribution < -0.4 is 15.4 Å². The number of para-hydroxylation sites is 1. The Morgan fingerprint density at radius 3 is 2.76 bits per heavy atom. The van der Waals surface area contributed by atoms with E-state index in [9.17, 15) is 0 Å². The molecule has 0 bridgehead atoms. The van der Waals surface area contributed by atoms with E-state index in [0.717, 1.165) is 30.0 Å². The van der Waals surface area contributed by atoms with E-state index in [0.29, 0.717) is 12.0 Å². The number of thioether (sulfide) groups is 1. The summed E-state index contributed by atoms with van der Waals surface area (Å²) in [6, 6.07) is 8.75. The first kappa shape index (κ1) is 22.4. The van der Waals surface area contributed by atoms with Gasteiger partial charge in [0.15, 0.2) is 5.96 Å². The molecule has 1 fully saturated rings. The molecule has 3 atom stereocenters. The van der Waals surface area contributed by atoms with Gasteiger partial charge in [-0.1, -0.05) is 25.1 Å². The number of benzene rings is 1. The van der Waals surface area contributed by atoms with Gasteiger partial charge in [0, 0.05) is 30.3 Å². The van der Waals surface area contributed by atoms with Crippen molar-refractivity contribution in [3.8, 4) is 5.75 Å². The number of methoxy groups -OCH3 is 1. The molecule has 2 rings (SSSR count). The van der Waals surface area contributed by atoms with E-state index in [1.54, 1.807) is 7.11 Å². The van der Waals surface area contributed by atoms with Crippen LogP contribution in [0.15, 0.2) is 29.3 Å². The van der Waals surface area contributed by atoms with Gasteiger partial charge in [-0.15, -0.1) is 24.0 Å². The molecule has 1 saturated carbocycles. The first-order chi connectivity index (χ1) is 11.7. The molecule has 1 aliphatic rings. The van der Waals surface area contributed by atoms with Crippen molar-refractivity contribution in [2.24, 2.45) is 4.99 Å². The highest BCUT2D eigenvalue weighted by Crippen LogP contribution is 2.28. The second-order valence-electron chi connectivity index (χ2n) is 6.37. The summed E-state index contributed by atoms with van der Waals surface area (Å²) >= 11 is 1.98. The molecule has 0 radical (unpaired) electrons. The summed E-state index contributed by atoms with van der Waals surface area (Å²) in [6.45, 7) is 5.94. The molecule has 0 spiro atoms. The van der Waals surface area contributed by atoms with E-state index in [1.165, 1.54) is 24.8 Å². The van der Waals surface area contributed by atoms with Gasteiger partial charge < -0.3 is 15.4 Å². The van der Waals surface area contributed by atoms with Crippen LogP contribution in [-0.2, 0) is 0 Å². The van der Waals surface area contributed by atoms with Crippen LogP contribution in [0.4, 0.5) is 0 Å². The molecule has 142 valence electrons. The van der Waals surface area contributed by atoms with Crippen molar-refractivity contribution in [2.45, 2.75) is 50.3 Å². The molecule has 25 heavy (non-hydrogen) atoms. The van der Waals surface area contributed by atoms with Crippen LogP contribution in [0.1, 0.15) is 44.6 Å². The molecule has 1 aliphatic carbocycles. The lowest BCUT2D eigenvalue weighted by Gasteiger charge is -2.19. The maximum atomic E-state index is 5.47. The number of rotatable bonds is 7. The van der Waals surface area contributed by atoms with Gasteiger partial charge in [-0.3, -0.25) is 4.99 Å². The number of guanidine groups is 1. The number of nitrogens with one attached hydrogen (secondary N) is 2. The maximum absolute atomic E-state index is 5.47. The predicted molar refractivity (Wildman–Crippen MR) is 121 cm³/mol. The molecular weight excluding hydrogens is 445 g/mol. The molecule has 0 amide bonds. The van der Waals surface area contributed by atoms with E-state index in [2.05, 4.69) is 42.9 Å². The van der Waals surface area contributed by atoms with Gasteiger partial charge in [0.1, 0.15) is 5.75 Å². The second kappa shape index (κ2) is 11.9. The van der Waals surface area contributed by atoms with E-state index in [1.807, 2.05) is 23.9 Å². The molecule has 1 aromatic rings. The Morgan fingerprint density at radius 1 is 1.36 bits per heavy atom. The fourth-order valence-electron chi connectivity index (χ4n) is 3.20. The highest BCUT2D eigenvalue weighted by Gasteiger charge is 2.24. The smallest absolute Gasteiger partial charge is 0.191 e. The average molecular weight is 477 g/mol. The number of nitrogens with zero attached hydrogens (tertiary/aromatic N) is 1. The largest absolute Gasteiger partial charge is 0.496 e. The fourth-order valence-corrected chi connectivity index (χ4v) is 4.00. The van der Waals surface area contributed by atoms with Crippen LogP contribution in [0.25, 0.3) is 0 Å². The van der Waals surface area contributed by atoms with E-state index in [-0.39, 0.29) is 24.0 Å². The zero-order chi connectivity index (χ0) is 17.4. The van der Waals surface area contributed by atoms with Gasteiger partial charge in [0.2, 0.25) is 0 Å². The van der Waals surface area contributed by atoms with Crippen LogP contribution in [0.2, 0.25) is 0 Å². The molecule has 4 nitrogen and oxygen atoms in total. The lowest BCUT2D eigenvalue weighted by molar-refractivity contribution is 0.406. The van der Waals surface area contributed by atoms with Crippen molar-refractivity contribution in [1.82, 2.24) is 10.6 Å². The highest BCUT2D eigenvalue weighted by atomic mass is 127. The third-order valence-electron chi connectivity index (χ3n) is 4.60. The van der Waals surface area contributed by atoms with Gasteiger partial charge >= 0.3 is 0 Å². The summed E-state index contributed by atoms with van der Waals surface area (Å²) in [4.78, 5) is 4.81. The van der Waals surface area contributed by atoms with Gasteiger partial charge in [-0.2, -0.15) is 11.8 Å². The third-order valence-corrected chi connectivity index (χ3v) is 5.69. The summed E-state index contributed by atoms with van der Waals surface area (Å²) in [5.41, 5.74) is 1.21. The Balaban J connectivity index is 0.00000312. The van der Waals surface area contributed by atoms with Crippen LogP contribution in [0.5, 0.6) is 5.75 Å². The van der Waals surface area contributed by atoms with E-state index < -0.39 is 0 Å². The normalized spacial score (nSPS) is 21.4. The van der Waals surface area contributed by atoms with Crippen molar-refractivity contribution < 1.29 is 4.74 Å². The zero-order valence-corrected chi connectivity index (χ0v) is 18.9. The molecule has 0 heterocycles. The van der Waals surface area contributed by atoms with Crippen molar-refractivity contribution in [2.75, 3.05) is 26.5 Å². The third kappa shape index (κ3) is 6.89. The molecule has 0 saturated heterocycles. The first-order valence-electron chi connectivity index (χ1n) is 8.88. The summed E-state index contributed by atoms with van der Waals surface area (Å²) in [5.74, 6) is 2.20. The Bertz CT molecular complexity index is 541. The number of aliphatic imine (C=N–C) groups is 1. The number of hydrogen-bond acceptors (Lipinski definition) is 3. The second-order valence-corrected chi connectivity index (χ2v) is 7.51. The Hall–Kier alpha value is -0.630. The molecular formula is C19H32IN3OS. The topological polar surface area (TPSA) is 45.7 Å². The monoisotopic (exact) mass is 477 g/mol. The van der Waals surface area contributed by atoms with Gasteiger partial charge in [0.25, 0.3) is 0 Å². The first-order valence-corrected chi connectivity index (χ1v) is 10.2. The molecule has 6 heteroatoms. The maximum Gasteiger partial charge on any atom is 0.191 e. The van der Waals surface area contributed by atoms with Gasteiger partial charge in [-0.05, 0) is 44.1 Å². The molecule has 3 unspecified atom stereocenters. The number of halogens is 1. The SMILES string of the molecule is CCNC(=NCC(C)c1ccccc1OC)NC1CCC(SC)C1.I. The zero-order valence-electron chi connectivity index (χ0n) is 15.7. The molecule has 0 aliphatic heterocycles. The highest BCUT2D eigenvalue weighted by molar-refractivity contribution is 14.0. The summed E-state index contributed by atoms with van der Waals surface area (Å²) in [6.07, 6.45) is 5.97. The molecule has 0 aromatic heterocycles. The van der Waals surface area contributed by atoms with Crippen molar-refractivity contribution in [3.05, 3.63) is 29.8 Å². The quantitative estimate of drug-likeness (QED) is 0.350. The van der Waals surface area contributed by atoms with Crippen molar-refractivity contribution in [1.29, 1.82) is 0 Å². The summed E-state index contributed by atoms with van der Waals surface area (Å²) in [5, 5.41) is 7.78. The number of ether oxygens (including phenoxy) is 1. The van der Waals surface area contributed by atoms with Crippen molar-refractivity contribution >= 4 is 41.7 Å². The number of hydrogen-bond donors (Lipinski definition) is 2. The van der Waals surface area contributed by atoms with Gasteiger partial charge in [0.05, 0.1) is 7.11 Å². The Kier molecular flexibility index (Phi) is 10.7. The standard InChI is InChI=1S/C19H31N3OS.HI/c1-5-20-19(22-15-10-11-16(12-15)24-4)21-13-14(2)17-8-6-7-9-18(17)23-3;/h6-9,14-16H,5,10-13H2,1-4H3,(H2,20,21,22);1H. The molecule has 2 N–H and O–H groups in total. The predicted octanol–water partition coefficient (Wildman–Crippen LogP) is 4.26. The minimum absolute atomic E-state index is 0. The Morgan fingerprint density at radius 2 is 2.12 bits per heavy atom. The van der Waals surface area contributed by atoms with Crippen LogP contribution >= 0.6 is 35.7 Å². The van der Waals surface area contributed by atoms with Crippen molar-refractivity contribution in [3.63, 3.8) is 0 Å². The fraction of sp³-hybridized carbons (Fsp3) is 0.632. The summed E-state index contributed by atoms with van der Waals surface area (Å²) < 4.78 is 5.47. The lowest BCUT2D eigenvalue weighted by Crippen LogP contribution is -2.42. The summed E-state index contributed by atoms with van der Waals surface area (Å²) in [7, 11) is 1.72. The minimum Gasteiger partial charge on any atom is -0.496 e.